The van der Waals surface area contributed by atoms with Gasteiger partial charge in [-0.3, -0.25) is 14.3 Å². The number of methoxy groups -OCH3 is 1. The third kappa shape index (κ3) is 2.20. The van der Waals surface area contributed by atoms with Gasteiger partial charge in [0.05, 0.1) is 23.8 Å². The summed E-state index contributed by atoms with van der Waals surface area (Å²) in [5.41, 5.74) is 0.162. The van der Waals surface area contributed by atoms with Crippen molar-refractivity contribution in [2.75, 3.05) is 7.11 Å². The number of H-pyrrole nitrogens is 1. The van der Waals surface area contributed by atoms with E-state index in [1.807, 2.05) is 0 Å². The zero-order valence-electron chi connectivity index (χ0n) is 11.8. The van der Waals surface area contributed by atoms with Gasteiger partial charge in [0.25, 0.3) is 11.1 Å². The molecule has 0 bridgehead atoms. The number of nitrogens with zero attached hydrogens (tertiary/aromatic N) is 2. The molecular formula is C14H15N3O4. The van der Waals surface area contributed by atoms with Crippen LogP contribution < -0.4 is 11.1 Å². The van der Waals surface area contributed by atoms with E-state index in [9.17, 15) is 14.4 Å². The van der Waals surface area contributed by atoms with E-state index in [4.69, 9.17) is 4.74 Å². The van der Waals surface area contributed by atoms with E-state index < -0.39 is 5.97 Å². The van der Waals surface area contributed by atoms with Gasteiger partial charge in [0.1, 0.15) is 0 Å². The van der Waals surface area contributed by atoms with Crippen LogP contribution >= 0.6 is 0 Å². The highest BCUT2D eigenvalue weighted by atomic mass is 16.5. The first-order chi connectivity index (χ1) is 10.0. The van der Waals surface area contributed by atoms with Crippen molar-refractivity contribution in [2.24, 2.45) is 7.05 Å². The summed E-state index contributed by atoms with van der Waals surface area (Å²) >= 11 is 0. The predicted octanol–water partition coefficient (Wildman–Crippen LogP) is 0.664. The monoisotopic (exact) mass is 289 g/mol. The molecule has 0 aliphatic heterocycles. The average molecular weight is 289 g/mol. The van der Waals surface area contributed by atoms with E-state index >= 15 is 0 Å². The molecule has 0 saturated heterocycles. The first-order valence-electron chi connectivity index (χ1n) is 6.62. The Balaban J connectivity index is 2.26. The minimum absolute atomic E-state index is 0.101. The summed E-state index contributed by atoms with van der Waals surface area (Å²) in [5, 5.41) is 2.73. The maximum absolute atomic E-state index is 12.5. The van der Waals surface area contributed by atoms with E-state index in [0.29, 0.717) is 0 Å². The van der Waals surface area contributed by atoms with Crippen LogP contribution in [0.25, 0.3) is 11.1 Å². The molecule has 0 spiro atoms. The van der Waals surface area contributed by atoms with Crippen molar-refractivity contribution in [3.63, 3.8) is 0 Å². The summed E-state index contributed by atoms with van der Waals surface area (Å²) in [6, 6.07) is 1.51. The van der Waals surface area contributed by atoms with E-state index in [2.05, 4.69) is 5.10 Å². The molecule has 7 heteroatoms. The zero-order valence-corrected chi connectivity index (χ0v) is 11.8. The molecule has 2 heterocycles. The molecule has 3 rings (SSSR count). The van der Waals surface area contributed by atoms with Crippen LogP contribution in [0.4, 0.5) is 0 Å². The molecule has 1 saturated carbocycles. The lowest BCUT2D eigenvalue weighted by Crippen LogP contribution is -2.25. The topological polar surface area (TPSA) is 86.1 Å². The standard InChI is InChI=1S/C14H15N3O4/c1-16-12(18)11(6-15-16)10-5-8(14(20)21-2)7-17(13(10)19)9-3-4-9/h5-7,9,15H,3-4H2,1-2H3. The zero-order chi connectivity index (χ0) is 15.1. The Kier molecular flexibility index (Phi) is 3.04. The fourth-order valence-electron chi connectivity index (χ4n) is 2.30. The molecule has 7 nitrogen and oxygen atoms in total. The molecular weight excluding hydrogens is 274 g/mol. The predicted molar refractivity (Wildman–Crippen MR) is 75.3 cm³/mol. The molecule has 110 valence electrons. The number of aromatic nitrogens is 3. The molecule has 1 fully saturated rings. The first-order valence-corrected chi connectivity index (χ1v) is 6.62. The second-order valence-corrected chi connectivity index (χ2v) is 5.13. The Morgan fingerprint density at radius 3 is 2.52 bits per heavy atom. The lowest BCUT2D eigenvalue weighted by atomic mass is 10.1. The summed E-state index contributed by atoms with van der Waals surface area (Å²) < 4.78 is 7.51. The fraction of sp³-hybridized carbons (Fsp3) is 0.357. The van der Waals surface area contributed by atoms with Gasteiger partial charge in [0.2, 0.25) is 0 Å². The van der Waals surface area contributed by atoms with Crippen molar-refractivity contribution in [1.29, 1.82) is 0 Å². The Hall–Kier alpha value is -2.57. The Morgan fingerprint density at radius 2 is 2.00 bits per heavy atom. The van der Waals surface area contributed by atoms with Crippen LogP contribution in [0.1, 0.15) is 29.2 Å². The van der Waals surface area contributed by atoms with E-state index in [1.54, 1.807) is 7.05 Å². The first kappa shape index (κ1) is 13.4. The summed E-state index contributed by atoms with van der Waals surface area (Å²) in [4.78, 5) is 36.3. The van der Waals surface area contributed by atoms with Crippen molar-refractivity contribution < 1.29 is 9.53 Å². The van der Waals surface area contributed by atoms with E-state index in [-0.39, 0.29) is 33.9 Å². The molecule has 0 radical (unpaired) electrons. The molecule has 1 aliphatic rings. The van der Waals surface area contributed by atoms with Gasteiger partial charge in [-0.15, -0.1) is 0 Å². The van der Waals surface area contributed by atoms with Gasteiger partial charge in [-0.25, -0.2) is 4.79 Å². The number of carbonyl (C=O) groups is 1. The van der Waals surface area contributed by atoms with Crippen molar-refractivity contribution in [2.45, 2.75) is 18.9 Å². The quantitative estimate of drug-likeness (QED) is 0.841. The average Bonchev–Trinajstić information content (AvgIpc) is 3.27. The van der Waals surface area contributed by atoms with Crippen molar-refractivity contribution in [3.05, 3.63) is 44.7 Å². The van der Waals surface area contributed by atoms with Crippen LogP contribution in [-0.4, -0.2) is 27.4 Å². The van der Waals surface area contributed by atoms with Crippen molar-refractivity contribution >= 4 is 5.97 Å². The van der Waals surface area contributed by atoms with Crippen LogP contribution in [0, 0.1) is 0 Å². The lowest BCUT2D eigenvalue weighted by Gasteiger charge is -2.09. The number of pyridine rings is 1. The largest absolute Gasteiger partial charge is 0.465 e. The third-order valence-corrected chi connectivity index (χ3v) is 3.63. The van der Waals surface area contributed by atoms with Gasteiger partial charge < -0.3 is 14.4 Å². The highest BCUT2D eigenvalue weighted by molar-refractivity contribution is 5.90. The molecule has 0 atom stereocenters. The van der Waals surface area contributed by atoms with Crippen LogP contribution in [0.2, 0.25) is 0 Å². The second kappa shape index (κ2) is 4.76. The summed E-state index contributed by atoms with van der Waals surface area (Å²) in [6.07, 6.45) is 4.77. The summed E-state index contributed by atoms with van der Waals surface area (Å²) in [7, 11) is 2.85. The molecule has 1 N–H and O–H groups in total. The van der Waals surface area contributed by atoms with Crippen LogP contribution in [-0.2, 0) is 11.8 Å². The molecule has 0 unspecified atom stereocenters. The molecule has 21 heavy (non-hydrogen) atoms. The van der Waals surface area contributed by atoms with Gasteiger partial charge >= 0.3 is 5.97 Å². The maximum Gasteiger partial charge on any atom is 0.339 e. The Bertz CT molecular complexity index is 823. The van der Waals surface area contributed by atoms with Gasteiger partial charge in [0.15, 0.2) is 0 Å². The minimum atomic E-state index is -0.530. The number of aromatic amines is 1. The van der Waals surface area contributed by atoms with Crippen molar-refractivity contribution in [1.82, 2.24) is 14.3 Å². The number of esters is 1. The maximum atomic E-state index is 12.5. The molecule has 0 amide bonds. The highest BCUT2D eigenvalue weighted by Crippen LogP contribution is 2.34. The number of hydrogen-bond acceptors (Lipinski definition) is 4. The number of ether oxygens (including phenoxy) is 1. The fourth-order valence-corrected chi connectivity index (χ4v) is 2.30. The van der Waals surface area contributed by atoms with Crippen molar-refractivity contribution in [3.8, 4) is 11.1 Å². The van der Waals surface area contributed by atoms with Gasteiger partial charge in [0, 0.05) is 25.5 Å². The van der Waals surface area contributed by atoms with Crippen LogP contribution in [0.5, 0.6) is 0 Å². The van der Waals surface area contributed by atoms with Gasteiger partial charge in [-0.05, 0) is 18.9 Å². The second-order valence-electron chi connectivity index (χ2n) is 5.13. The van der Waals surface area contributed by atoms with Gasteiger partial charge in [-0.1, -0.05) is 0 Å². The molecule has 0 aromatic carbocycles. The van der Waals surface area contributed by atoms with Gasteiger partial charge in [-0.2, -0.15) is 0 Å². The Labute approximate surface area is 119 Å². The number of carbonyl (C=O) groups excluding carboxylic acids is 1. The number of nitrogens with one attached hydrogen (secondary N) is 1. The molecule has 2 aromatic heterocycles. The van der Waals surface area contributed by atoms with Crippen LogP contribution in [0.3, 0.4) is 0 Å². The Morgan fingerprint density at radius 1 is 1.29 bits per heavy atom. The van der Waals surface area contributed by atoms with Crippen LogP contribution in [0.15, 0.2) is 28.0 Å². The highest BCUT2D eigenvalue weighted by Gasteiger charge is 2.27. The molecule has 2 aromatic rings. The summed E-state index contributed by atoms with van der Waals surface area (Å²) in [5.74, 6) is -0.530. The van der Waals surface area contributed by atoms with E-state index in [0.717, 1.165) is 12.8 Å². The molecule has 1 aliphatic carbocycles. The summed E-state index contributed by atoms with van der Waals surface area (Å²) in [6.45, 7) is 0. The van der Waals surface area contributed by atoms with E-state index in [1.165, 1.54) is 34.8 Å². The number of aryl methyl sites for hydroxylation is 1. The number of hydrogen-bond donors (Lipinski definition) is 1. The lowest BCUT2D eigenvalue weighted by molar-refractivity contribution is 0.0599. The number of rotatable bonds is 3. The normalized spacial score (nSPS) is 14.2. The minimum Gasteiger partial charge on any atom is -0.465 e. The third-order valence-electron chi connectivity index (χ3n) is 3.63. The SMILES string of the molecule is COC(=O)c1cc(-c2c[nH]n(C)c2=O)c(=O)n(C2CC2)c1. The smallest absolute Gasteiger partial charge is 0.339 e.